The van der Waals surface area contributed by atoms with Crippen LogP contribution in [0.4, 0.5) is 0 Å². The Labute approximate surface area is 179 Å². The van der Waals surface area contributed by atoms with E-state index < -0.39 is 0 Å². The van der Waals surface area contributed by atoms with Gasteiger partial charge in [0.2, 0.25) is 0 Å². The maximum absolute atomic E-state index is 13.2. The van der Waals surface area contributed by atoms with Gasteiger partial charge in [-0.1, -0.05) is 12.1 Å². The number of hydrogen-bond donors (Lipinski definition) is 0. The number of benzene rings is 1. The number of aromatic nitrogens is 5. The zero-order valence-corrected chi connectivity index (χ0v) is 17.4. The van der Waals surface area contributed by atoms with E-state index in [9.17, 15) is 4.79 Å². The largest absolute Gasteiger partial charge is 0.496 e. The van der Waals surface area contributed by atoms with E-state index in [4.69, 9.17) is 9.84 Å². The molecule has 2 bridgehead atoms. The van der Waals surface area contributed by atoms with E-state index in [1.165, 1.54) is 0 Å². The van der Waals surface area contributed by atoms with Crippen molar-refractivity contribution in [3.05, 3.63) is 65.7 Å². The summed E-state index contributed by atoms with van der Waals surface area (Å²) in [4.78, 5) is 19.9. The average molecular weight is 414 g/mol. The van der Waals surface area contributed by atoms with Crippen molar-refractivity contribution in [1.29, 1.82) is 0 Å². The van der Waals surface area contributed by atoms with Crippen LogP contribution in [0, 0.1) is 0 Å². The third-order valence-electron chi connectivity index (χ3n) is 6.46. The summed E-state index contributed by atoms with van der Waals surface area (Å²) in [5.74, 6) is 0.779. The van der Waals surface area contributed by atoms with Crippen molar-refractivity contribution in [2.75, 3.05) is 7.11 Å². The molecule has 5 heterocycles. The van der Waals surface area contributed by atoms with Gasteiger partial charge in [0, 0.05) is 49.1 Å². The lowest BCUT2D eigenvalue weighted by molar-refractivity contribution is 0.0635. The van der Waals surface area contributed by atoms with Crippen LogP contribution >= 0.6 is 0 Å². The topological polar surface area (TPSA) is 77.5 Å². The van der Waals surface area contributed by atoms with Gasteiger partial charge in [0.25, 0.3) is 5.91 Å². The molecular formula is C23H22N6O2. The van der Waals surface area contributed by atoms with Crippen molar-refractivity contribution in [3.63, 3.8) is 0 Å². The van der Waals surface area contributed by atoms with Crippen molar-refractivity contribution in [2.24, 2.45) is 7.05 Å². The predicted octanol–water partition coefficient (Wildman–Crippen LogP) is 3.04. The lowest BCUT2D eigenvalue weighted by Gasteiger charge is -2.35. The van der Waals surface area contributed by atoms with Crippen LogP contribution in [0.1, 0.15) is 40.6 Å². The standard InChI is InChI=1S/C23H22N6O2/c1-27-10-9-17(25-27)23(30)28-14-7-8-19(28)16-13-24-22-12-18(26-29(22)20(16)11-14)15-5-3-4-6-21(15)31-2/h3-6,9-10,12-14,19H,7-8,11H2,1-2H3/t14-,19-/m0/s1. The number of para-hydroxylation sites is 1. The van der Waals surface area contributed by atoms with Crippen LogP contribution in [-0.4, -0.2) is 48.3 Å². The average Bonchev–Trinajstić information content (AvgIpc) is 3.50. The van der Waals surface area contributed by atoms with Crippen molar-refractivity contribution >= 4 is 11.6 Å². The summed E-state index contributed by atoms with van der Waals surface area (Å²) >= 11 is 0. The first kappa shape index (κ1) is 18.1. The number of amides is 1. The summed E-state index contributed by atoms with van der Waals surface area (Å²) in [6, 6.07) is 11.8. The molecule has 0 saturated carbocycles. The summed E-state index contributed by atoms with van der Waals surface area (Å²) in [7, 11) is 3.49. The van der Waals surface area contributed by atoms with Crippen LogP contribution in [0.3, 0.4) is 0 Å². The first-order chi connectivity index (χ1) is 15.1. The molecule has 8 heteroatoms. The van der Waals surface area contributed by atoms with Crippen LogP contribution in [0.2, 0.25) is 0 Å². The first-order valence-corrected chi connectivity index (χ1v) is 10.5. The monoisotopic (exact) mass is 414 g/mol. The van der Waals surface area contributed by atoms with Crippen molar-refractivity contribution in [3.8, 4) is 17.0 Å². The van der Waals surface area contributed by atoms with Gasteiger partial charge >= 0.3 is 0 Å². The first-order valence-electron chi connectivity index (χ1n) is 10.5. The number of fused-ring (bicyclic) bond motifs is 6. The Hall–Kier alpha value is -3.68. The lowest BCUT2D eigenvalue weighted by atomic mass is 9.98. The minimum atomic E-state index is -0.00553. The number of nitrogens with zero attached hydrogens (tertiary/aromatic N) is 6. The second-order valence-electron chi connectivity index (χ2n) is 8.20. The number of aryl methyl sites for hydroxylation is 1. The van der Waals surface area contributed by atoms with Crippen molar-refractivity contribution in [1.82, 2.24) is 29.3 Å². The normalized spacial score (nSPS) is 19.6. The highest BCUT2D eigenvalue weighted by Crippen LogP contribution is 2.44. The predicted molar refractivity (Wildman–Crippen MR) is 114 cm³/mol. The van der Waals surface area contributed by atoms with E-state index in [2.05, 4.69) is 10.1 Å². The molecule has 2 atom stereocenters. The fourth-order valence-corrected chi connectivity index (χ4v) is 5.05. The van der Waals surface area contributed by atoms with Crippen molar-refractivity contribution < 1.29 is 9.53 Å². The molecule has 0 N–H and O–H groups in total. The number of carbonyl (C=O) groups is 1. The van der Waals surface area contributed by atoms with Gasteiger partial charge in [0.15, 0.2) is 5.65 Å². The molecule has 8 nitrogen and oxygen atoms in total. The van der Waals surface area contributed by atoms with E-state index in [1.54, 1.807) is 24.1 Å². The summed E-state index contributed by atoms with van der Waals surface area (Å²) in [5.41, 5.74) is 5.30. The van der Waals surface area contributed by atoms with Crippen LogP contribution < -0.4 is 4.74 Å². The Morgan fingerprint density at radius 1 is 1.16 bits per heavy atom. The van der Waals surface area contributed by atoms with Gasteiger partial charge in [-0.3, -0.25) is 9.48 Å². The third-order valence-corrected chi connectivity index (χ3v) is 6.46. The molecular weight excluding hydrogens is 392 g/mol. The Morgan fingerprint density at radius 3 is 2.84 bits per heavy atom. The molecule has 156 valence electrons. The van der Waals surface area contributed by atoms with Gasteiger partial charge in [-0.15, -0.1) is 0 Å². The van der Waals surface area contributed by atoms with Gasteiger partial charge in [-0.2, -0.15) is 10.2 Å². The number of carbonyl (C=O) groups excluding carboxylic acids is 1. The maximum atomic E-state index is 13.2. The summed E-state index contributed by atoms with van der Waals surface area (Å²) in [6.07, 6.45) is 6.39. The van der Waals surface area contributed by atoms with Crippen LogP contribution in [0.25, 0.3) is 16.9 Å². The van der Waals surface area contributed by atoms with E-state index in [-0.39, 0.29) is 18.0 Å². The number of ether oxygens (including phenoxy) is 1. The minimum absolute atomic E-state index is 0.00553. The molecule has 31 heavy (non-hydrogen) atoms. The van der Waals surface area contributed by atoms with E-state index in [0.29, 0.717) is 5.69 Å². The molecule has 0 aliphatic carbocycles. The Bertz CT molecular complexity index is 1320. The second kappa shape index (κ2) is 6.66. The highest BCUT2D eigenvalue weighted by atomic mass is 16.5. The quantitative estimate of drug-likeness (QED) is 0.515. The van der Waals surface area contributed by atoms with Gasteiger partial charge in [0.05, 0.1) is 24.5 Å². The fourth-order valence-electron chi connectivity index (χ4n) is 5.05. The molecule has 3 aromatic heterocycles. The van der Waals surface area contributed by atoms with Gasteiger partial charge in [-0.25, -0.2) is 9.50 Å². The molecule has 1 fully saturated rings. The number of rotatable bonds is 3. The minimum Gasteiger partial charge on any atom is -0.496 e. The van der Waals surface area contributed by atoms with E-state index >= 15 is 0 Å². The molecule has 1 saturated heterocycles. The molecule has 0 spiro atoms. The summed E-state index contributed by atoms with van der Waals surface area (Å²) in [6.45, 7) is 0. The molecule has 1 aromatic carbocycles. The van der Waals surface area contributed by atoms with Crippen LogP contribution in [-0.2, 0) is 13.5 Å². The number of hydrogen-bond acceptors (Lipinski definition) is 5. The molecule has 1 amide bonds. The second-order valence-corrected chi connectivity index (χ2v) is 8.20. The Balaban J connectivity index is 1.43. The zero-order chi connectivity index (χ0) is 21.1. The fraction of sp³-hybridized carbons (Fsp3) is 0.304. The van der Waals surface area contributed by atoms with Crippen molar-refractivity contribution in [2.45, 2.75) is 31.3 Å². The highest BCUT2D eigenvalue weighted by molar-refractivity contribution is 5.93. The smallest absolute Gasteiger partial charge is 0.275 e. The zero-order valence-electron chi connectivity index (χ0n) is 17.4. The SMILES string of the molecule is COc1ccccc1-c1cc2ncc3c(n2n1)C[C@@H]1CC[C@@H]3N1C(=O)c1ccn(C)n1. The van der Waals surface area contributed by atoms with E-state index in [1.807, 2.05) is 53.0 Å². The van der Waals surface area contributed by atoms with Gasteiger partial charge in [0.1, 0.15) is 11.4 Å². The third kappa shape index (κ3) is 2.67. The highest BCUT2D eigenvalue weighted by Gasteiger charge is 2.44. The molecule has 4 aromatic rings. The molecule has 2 aliphatic rings. The summed E-state index contributed by atoms with van der Waals surface area (Å²) < 4.78 is 9.13. The van der Waals surface area contributed by atoms with Crippen LogP contribution in [0.15, 0.2) is 48.8 Å². The van der Waals surface area contributed by atoms with Gasteiger partial charge < -0.3 is 9.64 Å². The summed E-state index contributed by atoms with van der Waals surface area (Å²) in [5, 5.41) is 9.21. The Morgan fingerprint density at radius 2 is 2.03 bits per heavy atom. The maximum Gasteiger partial charge on any atom is 0.275 e. The molecule has 6 rings (SSSR count). The lowest BCUT2D eigenvalue weighted by Crippen LogP contribution is -2.43. The molecule has 0 unspecified atom stereocenters. The molecule has 2 aliphatic heterocycles. The van der Waals surface area contributed by atoms with Crippen LogP contribution in [0.5, 0.6) is 5.75 Å². The van der Waals surface area contributed by atoms with Gasteiger partial charge in [-0.05, 0) is 31.0 Å². The molecule has 0 radical (unpaired) electrons. The number of methoxy groups -OCH3 is 1. The van der Waals surface area contributed by atoms with E-state index in [0.717, 1.165) is 53.2 Å². The Kier molecular flexibility index (Phi) is 3.89.